The van der Waals surface area contributed by atoms with E-state index in [9.17, 15) is 26.8 Å². The first kappa shape index (κ1) is 21.7. The van der Waals surface area contributed by atoms with E-state index in [1.165, 1.54) is 57.4 Å². The predicted molar refractivity (Wildman–Crippen MR) is 99.1 cm³/mol. The minimum Gasteiger partial charge on any atom is -0.446 e. The van der Waals surface area contributed by atoms with Crippen LogP contribution in [0, 0.1) is 0 Å². The fourth-order valence-electron chi connectivity index (χ4n) is 2.92. The van der Waals surface area contributed by atoms with Gasteiger partial charge in [0.25, 0.3) is 15.9 Å². The van der Waals surface area contributed by atoms with Gasteiger partial charge in [0.2, 0.25) is 5.09 Å². The lowest BCUT2D eigenvalue weighted by molar-refractivity contribution is -0.131. The molecule has 1 aromatic heterocycles. The van der Waals surface area contributed by atoms with Crippen molar-refractivity contribution in [2.75, 3.05) is 14.1 Å². The molecule has 9 nitrogen and oxygen atoms in total. The molecule has 12 heteroatoms. The number of ether oxygens (including phenoxy) is 1. The van der Waals surface area contributed by atoms with Crippen LogP contribution in [-0.2, 0) is 26.9 Å². The van der Waals surface area contributed by atoms with Gasteiger partial charge in [-0.1, -0.05) is 12.1 Å². The summed E-state index contributed by atoms with van der Waals surface area (Å²) in [6.45, 7) is -1.79. The number of hydrogen-bond donors (Lipinski definition) is 1. The van der Waals surface area contributed by atoms with Crippen molar-refractivity contribution >= 4 is 22.0 Å². The number of carbonyl (C=O) groups excluding carboxylic acids is 2. The molecule has 2 aromatic rings. The van der Waals surface area contributed by atoms with Crippen LogP contribution in [0.15, 0.2) is 45.9 Å². The first-order valence-corrected chi connectivity index (χ1v) is 10.1. The third-order valence-corrected chi connectivity index (χ3v) is 6.31. The van der Waals surface area contributed by atoms with Crippen molar-refractivity contribution in [1.82, 2.24) is 14.5 Å². The van der Waals surface area contributed by atoms with Crippen molar-refractivity contribution in [3.63, 3.8) is 0 Å². The van der Waals surface area contributed by atoms with Gasteiger partial charge in [-0.2, -0.15) is 8.78 Å². The lowest BCUT2D eigenvalue weighted by Gasteiger charge is -2.22. The number of halogens is 2. The number of rotatable bonds is 7. The first-order chi connectivity index (χ1) is 13.9. The second-order valence-electron chi connectivity index (χ2n) is 6.86. The Bertz CT molecular complexity index is 1070. The Kier molecular flexibility index (Phi) is 5.56. The standard InChI is InChI=1S/C18H19F2N3O6S/c1-18(11-4-6-12(7-5-11)29-16(19)20)15(24)23(17(25)21-18)10-13-8-9-14(28-13)30(26,27)22(2)3/h4-9,16H,10H2,1-3H3,(H,21,25). The van der Waals surface area contributed by atoms with Gasteiger partial charge in [-0.25, -0.2) is 17.5 Å². The summed E-state index contributed by atoms with van der Waals surface area (Å²) < 4.78 is 59.4. The molecule has 3 rings (SSSR count). The summed E-state index contributed by atoms with van der Waals surface area (Å²) in [5.74, 6) is -0.594. The van der Waals surface area contributed by atoms with E-state index in [-0.39, 0.29) is 23.1 Å². The van der Waals surface area contributed by atoms with Gasteiger partial charge in [0.05, 0.1) is 6.54 Å². The highest BCUT2D eigenvalue weighted by Gasteiger charge is 2.49. The molecule has 1 aliphatic heterocycles. The number of sulfonamides is 1. The number of nitrogens with zero attached hydrogens (tertiary/aromatic N) is 2. The molecule has 1 fully saturated rings. The third-order valence-electron chi connectivity index (χ3n) is 4.62. The fraction of sp³-hybridized carbons (Fsp3) is 0.333. The summed E-state index contributed by atoms with van der Waals surface area (Å²) in [5.41, 5.74) is -1.08. The smallest absolute Gasteiger partial charge is 0.387 e. The molecule has 30 heavy (non-hydrogen) atoms. The van der Waals surface area contributed by atoms with Gasteiger partial charge in [-0.15, -0.1) is 0 Å². The lowest BCUT2D eigenvalue weighted by Crippen LogP contribution is -2.40. The first-order valence-electron chi connectivity index (χ1n) is 8.66. The molecule has 0 radical (unpaired) electrons. The van der Waals surface area contributed by atoms with Crippen molar-refractivity contribution in [2.24, 2.45) is 0 Å². The number of urea groups is 1. The van der Waals surface area contributed by atoms with E-state index in [1.54, 1.807) is 0 Å². The second kappa shape index (κ2) is 7.69. The monoisotopic (exact) mass is 443 g/mol. The summed E-state index contributed by atoms with van der Waals surface area (Å²) >= 11 is 0. The second-order valence-corrected chi connectivity index (χ2v) is 8.94. The van der Waals surface area contributed by atoms with Gasteiger partial charge >= 0.3 is 12.6 Å². The molecule has 2 heterocycles. The van der Waals surface area contributed by atoms with Crippen LogP contribution in [0.25, 0.3) is 0 Å². The Balaban J connectivity index is 1.80. The van der Waals surface area contributed by atoms with Gasteiger partial charge in [-0.05, 0) is 36.8 Å². The SMILES string of the molecule is CN(C)S(=O)(=O)c1ccc(CN2C(=O)NC(C)(c3ccc(OC(F)F)cc3)C2=O)o1. The van der Waals surface area contributed by atoms with Gasteiger partial charge in [0.1, 0.15) is 17.0 Å². The van der Waals surface area contributed by atoms with Crippen LogP contribution in [0.2, 0.25) is 0 Å². The van der Waals surface area contributed by atoms with Crippen molar-refractivity contribution in [3.05, 3.63) is 47.7 Å². The van der Waals surface area contributed by atoms with Gasteiger partial charge in [-0.3, -0.25) is 9.69 Å². The maximum Gasteiger partial charge on any atom is 0.387 e. The molecule has 3 amide bonds. The van der Waals surface area contributed by atoms with E-state index >= 15 is 0 Å². The minimum absolute atomic E-state index is 0.0869. The zero-order valence-corrected chi connectivity index (χ0v) is 17.1. The zero-order chi connectivity index (χ0) is 22.3. The average Bonchev–Trinajstić information content (AvgIpc) is 3.22. The molecule has 1 N–H and O–H groups in total. The minimum atomic E-state index is -3.80. The molecule has 1 saturated heterocycles. The Morgan fingerprint density at radius 2 is 1.80 bits per heavy atom. The summed E-state index contributed by atoms with van der Waals surface area (Å²) in [5, 5.41) is 2.25. The number of imide groups is 1. The molecular formula is C18H19F2N3O6S. The molecule has 0 saturated carbocycles. The summed E-state index contributed by atoms with van der Waals surface area (Å²) in [7, 11) is -1.11. The largest absolute Gasteiger partial charge is 0.446 e. The van der Waals surface area contributed by atoms with Crippen LogP contribution in [-0.4, -0.2) is 50.3 Å². The molecule has 0 aliphatic carbocycles. The van der Waals surface area contributed by atoms with Gasteiger partial charge < -0.3 is 14.5 Å². The number of hydrogen-bond acceptors (Lipinski definition) is 6. The predicted octanol–water partition coefficient (Wildman–Crippen LogP) is 2.10. The maximum absolute atomic E-state index is 12.9. The molecule has 0 spiro atoms. The zero-order valence-electron chi connectivity index (χ0n) is 16.3. The van der Waals surface area contributed by atoms with Crippen LogP contribution in [0.4, 0.5) is 13.6 Å². The molecule has 1 aliphatic rings. The van der Waals surface area contributed by atoms with Crippen LogP contribution in [0.3, 0.4) is 0 Å². The molecule has 1 unspecified atom stereocenters. The van der Waals surface area contributed by atoms with E-state index in [0.717, 1.165) is 9.21 Å². The van der Waals surface area contributed by atoms with Crippen molar-refractivity contribution in [1.29, 1.82) is 0 Å². The molecule has 162 valence electrons. The Labute approximate surface area is 171 Å². The van der Waals surface area contributed by atoms with E-state index in [4.69, 9.17) is 4.42 Å². The number of amides is 3. The van der Waals surface area contributed by atoms with Gasteiger partial charge in [0, 0.05) is 14.1 Å². The third kappa shape index (κ3) is 3.87. The summed E-state index contributed by atoms with van der Waals surface area (Å²) in [4.78, 5) is 26.2. The number of alkyl halides is 2. The maximum atomic E-state index is 12.9. The molecular weight excluding hydrogens is 424 g/mol. The highest BCUT2D eigenvalue weighted by molar-refractivity contribution is 7.88. The van der Waals surface area contributed by atoms with E-state index in [2.05, 4.69) is 10.1 Å². The Morgan fingerprint density at radius 1 is 1.17 bits per heavy atom. The number of benzene rings is 1. The van der Waals surface area contributed by atoms with Crippen LogP contribution >= 0.6 is 0 Å². The number of nitrogens with one attached hydrogen (secondary N) is 1. The summed E-state index contributed by atoms with van der Waals surface area (Å²) in [6, 6.07) is 7.22. The normalized spacial score (nSPS) is 19.6. The molecule has 1 aromatic carbocycles. The molecule has 1 atom stereocenters. The van der Waals surface area contributed by atoms with Crippen molar-refractivity contribution in [2.45, 2.75) is 30.7 Å². The van der Waals surface area contributed by atoms with Crippen molar-refractivity contribution in [3.8, 4) is 5.75 Å². The number of carbonyl (C=O) groups is 2. The average molecular weight is 443 g/mol. The summed E-state index contributed by atoms with van der Waals surface area (Å²) in [6.07, 6.45) is 0. The van der Waals surface area contributed by atoms with Crippen molar-refractivity contribution < 1.29 is 35.9 Å². The van der Waals surface area contributed by atoms with E-state index in [1.807, 2.05) is 0 Å². The van der Waals surface area contributed by atoms with Crippen LogP contribution < -0.4 is 10.1 Å². The Morgan fingerprint density at radius 3 is 2.37 bits per heavy atom. The van der Waals surface area contributed by atoms with E-state index < -0.39 is 34.1 Å². The Hall–Kier alpha value is -2.99. The lowest BCUT2D eigenvalue weighted by atomic mass is 9.92. The van der Waals surface area contributed by atoms with Crippen LogP contribution in [0.5, 0.6) is 5.75 Å². The van der Waals surface area contributed by atoms with E-state index in [0.29, 0.717) is 5.56 Å². The fourth-order valence-corrected chi connectivity index (χ4v) is 3.74. The highest BCUT2D eigenvalue weighted by atomic mass is 32.2. The van der Waals surface area contributed by atoms with Crippen LogP contribution in [0.1, 0.15) is 18.2 Å². The number of furan rings is 1. The van der Waals surface area contributed by atoms with Gasteiger partial charge in [0.15, 0.2) is 0 Å². The quantitative estimate of drug-likeness (QED) is 0.657. The highest BCUT2D eigenvalue weighted by Crippen LogP contribution is 2.31. The molecule has 0 bridgehead atoms. The topological polar surface area (TPSA) is 109 Å².